The van der Waals surface area contributed by atoms with E-state index in [0.717, 1.165) is 19.3 Å². The van der Waals surface area contributed by atoms with E-state index in [1.165, 1.54) is 6.92 Å². The first-order chi connectivity index (χ1) is 6.38. The van der Waals surface area contributed by atoms with Gasteiger partial charge in [0.25, 0.3) is 8.41 Å². The number of hydrogen-bond donors (Lipinski definition) is 0. The summed E-state index contributed by atoms with van der Waals surface area (Å²) in [4.78, 5) is 10.8. The molecule has 0 radical (unpaired) electrons. The molecular formula is C10H21FO2Si. The average Bonchev–Trinajstić information content (AvgIpc) is 2.00. The van der Waals surface area contributed by atoms with E-state index in [-0.39, 0.29) is 5.97 Å². The molecule has 0 aliphatic rings. The van der Waals surface area contributed by atoms with Crippen LogP contribution in [0.3, 0.4) is 0 Å². The van der Waals surface area contributed by atoms with Crippen LogP contribution >= 0.6 is 0 Å². The van der Waals surface area contributed by atoms with E-state index < -0.39 is 14.1 Å². The summed E-state index contributed by atoms with van der Waals surface area (Å²) in [5.41, 5.74) is -0.466. The van der Waals surface area contributed by atoms with Gasteiger partial charge in [-0.15, -0.1) is 0 Å². The molecule has 0 rings (SSSR count). The summed E-state index contributed by atoms with van der Waals surface area (Å²) in [6, 6.07) is 0. The number of rotatable bonds is 6. The maximum atomic E-state index is 13.7. The molecule has 0 aliphatic carbocycles. The lowest BCUT2D eigenvalue weighted by Crippen LogP contribution is -2.40. The van der Waals surface area contributed by atoms with Crippen molar-refractivity contribution < 1.29 is 13.6 Å². The van der Waals surface area contributed by atoms with E-state index in [1.54, 1.807) is 13.1 Å². The van der Waals surface area contributed by atoms with Gasteiger partial charge in [0.05, 0.1) is 0 Å². The van der Waals surface area contributed by atoms with Crippen molar-refractivity contribution in [2.45, 2.75) is 58.4 Å². The SMILES string of the molecule is CCCCCC(OC(C)=O)[Si](C)(C)F. The summed E-state index contributed by atoms with van der Waals surface area (Å²) >= 11 is 0. The van der Waals surface area contributed by atoms with Crippen LogP contribution in [0.2, 0.25) is 13.1 Å². The van der Waals surface area contributed by atoms with Crippen molar-refractivity contribution in [1.29, 1.82) is 0 Å². The minimum Gasteiger partial charge on any atom is -0.463 e. The maximum Gasteiger partial charge on any atom is 0.302 e. The predicted molar refractivity (Wildman–Crippen MR) is 58.3 cm³/mol. The standard InChI is InChI=1S/C10H21FO2Si/c1-5-6-7-8-10(13-9(2)12)14(3,4)11/h10H,5-8H2,1-4H3. The van der Waals surface area contributed by atoms with Crippen LogP contribution in [-0.2, 0) is 9.53 Å². The van der Waals surface area contributed by atoms with E-state index >= 15 is 0 Å². The Morgan fingerprint density at radius 1 is 1.43 bits per heavy atom. The second-order valence-corrected chi connectivity index (χ2v) is 7.93. The normalized spacial score (nSPS) is 13.8. The topological polar surface area (TPSA) is 26.3 Å². The molecule has 0 fully saturated rings. The molecule has 0 saturated carbocycles. The summed E-state index contributed by atoms with van der Waals surface area (Å²) in [5, 5.41) is 0. The van der Waals surface area contributed by atoms with E-state index in [4.69, 9.17) is 4.74 Å². The molecule has 84 valence electrons. The number of carbonyl (C=O) groups is 1. The van der Waals surface area contributed by atoms with Gasteiger partial charge in [-0.2, -0.15) is 0 Å². The molecule has 0 heterocycles. The molecule has 2 nitrogen and oxygen atoms in total. The molecule has 0 bridgehead atoms. The number of esters is 1. The number of ether oxygens (including phenoxy) is 1. The molecule has 0 N–H and O–H groups in total. The van der Waals surface area contributed by atoms with E-state index in [2.05, 4.69) is 6.92 Å². The first-order valence-electron chi connectivity index (χ1n) is 5.24. The van der Waals surface area contributed by atoms with Crippen molar-refractivity contribution in [1.82, 2.24) is 0 Å². The lowest BCUT2D eigenvalue weighted by molar-refractivity contribution is -0.143. The molecule has 0 spiro atoms. The molecule has 1 unspecified atom stereocenters. The van der Waals surface area contributed by atoms with Gasteiger partial charge in [0, 0.05) is 6.92 Å². The van der Waals surface area contributed by atoms with Crippen LogP contribution in [0.5, 0.6) is 0 Å². The third-order valence-corrected chi connectivity index (χ3v) is 4.08. The van der Waals surface area contributed by atoms with E-state index in [9.17, 15) is 8.90 Å². The Bertz CT molecular complexity index is 177. The van der Waals surface area contributed by atoms with Crippen LogP contribution in [0.4, 0.5) is 4.11 Å². The van der Waals surface area contributed by atoms with Crippen molar-refractivity contribution in [3.8, 4) is 0 Å². The fourth-order valence-electron chi connectivity index (χ4n) is 1.32. The Morgan fingerprint density at radius 3 is 2.36 bits per heavy atom. The van der Waals surface area contributed by atoms with Gasteiger partial charge >= 0.3 is 5.97 Å². The molecule has 0 aromatic carbocycles. The fourth-order valence-corrected chi connectivity index (χ4v) is 2.66. The van der Waals surface area contributed by atoms with Gasteiger partial charge in [0.2, 0.25) is 0 Å². The summed E-state index contributed by atoms with van der Waals surface area (Å²) in [7, 11) is -2.84. The van der Waals surface area contributed by atoms with Crippen LogP contribution < -0.4 is 0 Å². The number of hydrogen-bond acceptors (Lipinski definition) is 2. The monoisotopic (exact) mass is 220 g/mol. The molecule has 0 saturated heterocycles. The third-order valence-electron chi connectivity index (χ3n) is 2.14. The quantitative estimate of drug-likeness (QED) is 0.297. The van der Waals surface area contributed by atoms with E-state index in [1.807, 2.05) is 0 Å². The zero-order valence-electron chi connectivity index (χ0n) is 9.60. The summed E-state index contributed by atoms with van der Waals surface area (Å²) in [5.74, 6) is -0.371. The van der Waals surface area contributed by atoms with Gasteiger partial charge in [-0.25, -0.2) is 0 Å². The minimum absolute atomic E-state index is 0.371. The minimum atomic E-state index is -2.84. The smallest absolute Gasteiger partial charge is 0.302 e. The van der Waals surface area contributed by atoms with Crippen molar-refractivity contribution in [2.75, 3.05) is 0 Å². The lowest BCUT2D eigenvalue weighted by Gasteiger charge is -2.24. The van der Waals surface area contributed by atoms with Gasteiger partial charge < -0.3 is 8.84 Å². The Hall–Kier alpha value is -0.383. The highest BCUT2D eigenvalue weighted by Gasteiger charge is 2.35. The highest BCUT2D eigenvalue weighted by atomic mass is 28.4. The maximum absolute atomic E-state index is 13.7. The van der Waals surface area contributed by atoms with Crippen LogP contribution in [0.1, 0.15) is 39.5 Å². The Balaban J connectivity index is 4.05. The largest absolute Gasteiger partial charge is 0.463 e. The Morgan fingerprint density at radius 2 is 2.00 bits per heavy atom. The summed E-state index contributed by atoms with van der Waals surface area (Å²) in [6.07, 6.45) is 3.78. The fraction of sp³-hybridized carbons (Fsp3) is 0.900. The predicted octanol–water partition coefficient (Wildman–Crippen LogP) is 3.21. The molecule has 14 heavy (non-hydrogen) atoms. The molecule has 1 atom stereocenters. The zero-order valence-corrected chi connectivity index (χ0v) is 10.6. The van der Waals surface area contributed by atoms with Gasteiger partial charge in [-0.3, -0.25) is 4.79 Å². The zero-order chi connectivity index (χ0) is 11.2. The summed E-state index contributed by atoms with van der Waals surface area (Å²) < 4.78 is 18.7. The van der Waals surface area contributed by atoms with Crippen molar-refractivity contribution in [3.05, 3.63) is 0 Å². The van der Waals surface area contributed by atoms with Gasteiger partial charge in [-0.1, -0.05) is 19.8 Å². The number of carbonyl (C=O) groups excluding carboxylic acids is 1. The molecule has 0 aromatic heterocycles. The molecule has 4 heteroatoms. The van der Waals surface area contributed by atoms with Crippen molar-refractivity contribution in [3.63, 3.8) is 0 Å². The van der Waals surface area contributed by atoms with Gasteiger partial charge in [0.1, 0.15) is 5.73 Å². The highest BCUT2D eigenvalue weighted by Crippen LogP contribution is 2.19. The first-order valence-corrected chi connectivity index (χ1v) is 8.19. The average molecular weight is 220 g/mol. The highest BCUT2D eigenvalue weighted by molar-refractivity contribution is 6.71. The van der Waals surface area contributed by atoms with Crippen LogP contribution in [-0.4, -0.2) is 20.1 Å². The molecule has 0 aliphatic heterocycles. The second kappa shape index (κ2) is 6.17. The van der Waals surface area contributed by atoms with Crippen molar-refractivity contribution in [2.24, 2.45) is 0 Å². The number of halogens is 1. The van der Waals surface area contributed by atoms with Gasteiger partial charge in [0.15, 0.2) is 0 Å². The van der Waals surface area contributed by atoms with Crippen LogP contribution in [0.25, 0.3) is 0 Å². The van der Waals surface area contributed by atoms with Gasteiger partial charge in [-0.05, 0) is 25.9 Å². The lowest BCUT2D eigenvalue weighted by atomic mass is 10.2. The Kier molecular flexibility index (Phi) is 6.00. The molecular weight excluding hydrogens is 199 g/mol. The Labute approximate surface area is 87.0 Å². The summed E-state index contributed by atoms with van der Waals surface area (Å²) in [6.45, 7) is 6.62. The molecule has 0 aromatic rings. The van der Waals surface area contributed by atoms with Crippen LogP contribution in [0.15, 0.2) is 0 Å². The number of unbranched alkanes of at least 4 members (excludes halogenated alkanes) is 2. The van der Waals surface area contributed by atoms with Crippen molar-refractivity contribution >= 4 is 14.4 Å². The third kappa shape index (κ3) is 6.13. The van der Waals surface area contributed by atoms with Crippen LogP contribution in [0, 0.1) is 0 Å². The molecule has 0 amide bonds. The van der Waals surface area contributed by atoms with E-state index in [0.29, 0.717) is 6.42 Å². The second-order valence-electron chi connectivity index (χ2n) is 4.16. The first kappa shape index (κ1) is 13.6.